The predicted octanol–water partition coefficient (Wildman–Crippen LogP) is 1.61. The van der Waals surface area contributed by atoms with E-state index in [2.05, 4.69) is 5.32 Å². The molecule has 1 atom stereocenters. The molecule has 0 aliphatic heterocycles. The number of benzene rings is 1. The van der Waals surface area contributed by atoms with Gasteiger partial charge in [-0.2, -0.15) is 0 Å². The Morgan fingerprint density at radius 2 is 2.33 bits per heavy atom. The number of hydrogen-bond acceptors (Lipinski definition) is 3. The first-order valence-electron chi connectivity index (χ1n) is 6.46. The molecule has 0 heterocycles. The summed E-state index contributed by atoms with van der Waals surface area (Å²) in [5.41, 5.74) is 6.33. The van der Waals surface area contributed by atoms with E-state index in [0.717, 1.165) is 17.9 Å². The second-order valence-corrected chi connectivity index (χ2v) is 4.69. The second kappa shape index (κ2) is 5.87. The van der Waals surface area contributed by atoms with Crippen molar-refractivity contribution in [3.8, 4) is 5.75 Å². The molecule has 1 aliphatic rings. The van der Waals surface area contributed by atoms with Crippen molar-refractivity contribution in [3.05, 3.63) is 29.8 Å². The van der Waals surface area contributed by atoms with Crippen molar-refractivity contribution < 1.29 is 9.53 Å². The summed E-state index contributed by atoms with van der Waals surface area (Å²) in [5.74, 6) is 1.14. The molecule has 0 spiro atoms. The third-order valence-corrected chi connectivity index (χ3v) is 3.09. The third-order valence-electron chi connectivity index (χ3n) is 3.09. The summed E-state index contributed by atoms with van der Waals surface area (Å²) < 4.78 is 5.43. The summed E-state index contributed by atoms with van der Waals surface area (Å²) in [6, 6.07) is 7.11. The van der Waals surface area contributed by atoms with Gasteiger partial charge in [-0.15, -0.1) is 0 Å². The standard InChI is InChI=1S/C14H20N2O2/c1-2-18-12-5-3-4-11(8-12)13(14(15)17)16-9-10-6-7-10/h3-5,8,10,13,16H,2,6-7,9H2,1H3,(H2,15,17). The van der Waals surface area contributed by atoms with Crippen LogP contribution in [0.15, 0.2) is 24.3 Å². The zero-order valence-corrected chi connectivity index (χ0v) is 10.7. The maximum atomic E-state index is 11.5. The van der Waals surface area contributed by atoms with Crippen molar-refractivity contribution in [3.63, 3.8) is 0 Å². The summed E-state index contributed by atoms with van der Waals surface area (Å²) in [6.45, 7) is 3.40. The maximum absolute atomic E-state index is 11.5. The molecule has 4 heteroatoms. The molecule has 2 rings (SSSR count). The molecule has 18 heavy (non-hydrogen) atoms. The molecule has 1 aromatic carbocycles. The van der Waals surface area contributed by atoms with Crippen LogP contribution in [0, 0.1) is 5.92 Å². The smallest absolute Gasteiger partial charge is 0.239 e. The summed E-state index contributed by atoms with van der Waals surface area (Å²) >= 11 is 0. The van der Waals surface area contributed by atoms with Crippen molar-refractivity contribution in [2.24, 2.45) is 11.7 Å². The minimum absolute atomic E-state index is 0.343. The molecule has 1 unspecified atom stereocenters. The monoisotopic (exact) mass is 248 g/mol. The van der Waals surface area contributed by atoms with Gasteiger partial charge in [0, 0.05) is 0 Å². The molecular weight excluding hydrogens is 228 g/mol. The van der Waals surface area contributed by atoms with Crippen LogP contribution in [-0.4, -0.2) is 19.1 Å². The largest absolute Gasteiger partial charge is 0.494 e. The zero-order chi connectivity index (χ0) is 13.0. The lowest BCUT2D eigenvalue weighted by molar-refractivity contribution is -0.120. The first-order chi connectivity index (χ1) is 8.70. The van der Waals surface area contributed by atoms with E-state index in [1.165, 1.54) is 12.8 Å². The average molecular weight is 248 g/mol. The molecule has 0 saturated heterocycles. The van der Waals surface area contributed by atoms with E-state index >= 15 is 0 Å². The Morgan fingerprint density at radius 3 is 2.94 bits per heavy atom. The highest BCUT2D eigenvalue weighted by molar-refractivity contribution is 5.81. The Hall–Kier alpha value is -1.55. The molecule has 98 valence electrons. The van der Waals surface area contributed by atoms with Crippen molar-refractivity contribution in [2.45, 2.75) is 25.8 Å². The SMILES string of the molecule is CCOc1cccc(C(NCC2CC2)C(N)=O)c1. The molecule has 1 aliphatic carbocycles. The van der Waals surface area contributed by atoms with Gasteiger partial charge >= 0.3 is 0 Å². The topological polar surface area (TPSA) is 64.3 Å². The number of carbonyl (C=O) groups is 1. The van der Waals surface area contributed by atoms with E-state index in [9.17, 15) is 4.79 Å². The van der Waals surface area contributed by atoms with E-state index in [4.69, 9.17) is 10.5 Å². The average Bonchev–Trinajstić information content (AvgIpc) is 3.14. The summed E-state index contributed by atoms with van der Waals surface area (Å²) in [5, 5.41) is 3.24. The Morgan fingerprint density at radius 1 is 1.56 bits per heavy atom. The molecule has 4 nitrogen and oxygen atoms in total. The van der Waals surface area contributed by atoms with Gasteiger partial charge in [0.15, 0.2) is 0 Å². The summed E-state index contributed by atoms with van der Waals surface area (Å²) in [7, 11) is 0. The Bertz CT molecular complexity index is 416. The van der Waals surface area contributed by atoms with Crippen LogP contribution >= 0.6 is 0 Å². The molecule has 1 aromatic rings. The number of hydrogen-bond donors (Lipinski definition) is 2. The number of nitrogens with one attached hydrogen (secondary N) is 1. The van der Waals surface area contributed by atoms with Crippen LogP contribution in [-0.2, 0) is 4.79 Å². The summed E-state index contributed by atoms with van der Waals surface area (Å²) in [6.07, 6.45) is 2.49. The highest BCUT2D eigenvalue weighted by Crippen LogP contribution is 2.29. The first kappa shape index (κ1) is 12.9. The number of primary amides is 1. The number of rotatable bonds is 7. The van der Waals surface area contributed by atoms with Gasteiger partial charge in [0.05, 0.1) is 6.61 Å². The van der Waals surface area contributed by atoms with Gasteiger partial charge in [-0.05, 0) is 49.9 Å². The Kier molecular flexibility index (Phi) is 4.20. The number of carbonyl (C=O) groups excluding carboxylic acids is 1. The lowest BCUT2D eigenvalue weighted by Gasteiger charge is -2.16. The van der Waals surface area contributed by atoms with Gasteiger partial charge in [-0.3, -0.25) is 4.79 Å². The van der Waals surface area contributed by atoms with Gasteiger partial charge in [-0.1, -0.05) is 12.1 Å². The van der Waals surface area contributed by atoms with E-state index < -0.39 is 6.04 Å². The van der Waals surface area contributed by atoms with Crippen LogP contribution in [0.5, 0.6) is 5.75 Å². The fourth-order valence-corrected chi connectivity index (χ4v) is 1.94. The van der Waals surface area contributed by atoms with E-state index in [1.807, 2.05) is 31.2 Å². The predicted molar refractivity (Wildman–Crippen MR) is 70.3 cm³/mol. The highest BCUT2D eigenvalue weighted by Gasteiger charge is 2.24. The van der Waals surface area contributed by atoms with Gasteiger partial charge in [0.25, 0.3) is 0 Å². The van der Waals surface area contributed by atoms with Gasteiger partial charge in [0.1, 0.15) is 11.8 Å². The number of amides is 1. The molecule has 0 bridgehead atoms. The number of ether oxygens (including phenoxy) is 1. The van der Waals surface area contributed by atoms with Crippen molar-refractivity contribution in [1.29, 1.82) is 0 Å². The Labute approximate surface area is 108 Å². The molecule has 1 amide bonds. The van der Waals surface area contributed by atoms with Crippen LogP contribution < -0.4 is 15.8 Å². The summed E-state index contributed by atoms with van der Waals surface area (Å²) in [4.78, 5) is 11.5. The van der Waals surface area contributed by atoms with Crippen molar-refractivity contribution >= 4 is 5.91 Å². The fraction of sp³-hybridized carbons (Fsp3) is 0.500. The van der Waals surface area contributed by atoms with Gasteiger partial charge < -0.3 is 15.8 Å². The van der Waals surface area contributed by atoms with Crippen LogP contribution in [0.2, 0.25) is 0 Å². The first-order valence-corrected chi connectivity index (χ1v) is 6.46. The number of nitrogens with two attached hydrogens (primary N) is 1. The normalized spacial score (nSPS) is 16.3. The lowest BCUT2D eigenvalue weighted by Crippen LogP contribution is -2.34. The fourth-order valence-electron chi connectivity index (χ4n) is 1.94. The maximum Gasteiger partial charge on any atom is 0.239 e. The molecule has 0 aromatic heterocycles. The van der Waals surface area contributed by atoms with Crippen LogP contribution in [0.4, 0.5) is 0 Å². The minimum atomic E-state index is -0.425. The van der Waals surface area contributed by atoms with Crippen LogP contribution in [0.3, 0.4) is 0 Å². The van der Waals surface area contributed by atoms with E-state index in [-0.39, 0.29) is 5.91 Å². The van der Waals surface area contributed by atoms with E-state index in [0.29, 0.717) is 12.5 Å². The Balaban J connectivity index is 2.07. The quantitative estimate of drug-likeness (QED) is 0.770. The van der Waals surface area contributed by atoms with Crippen molar-refractivity contribution in [2.75, 3.05) is 13.2 Å². The minimum Gasteiger partial charge on any atom is -0.494 e. The molecular formula is C14H20N2O2. The van der Waals surface area contributed by atoms with Gasteiger partial charge in [0.2, 0.25) is 5.91 Å². The van der Waals surface area contributed by atoms with Crippen molar-refractivity contribution in [1.82, 2.24) is 5.32 Å². The zero-order valence-electron chi connectivity index (χ0n) is 10.7. The lowest BCUT2D eigenvalue weighted by atomic mass is 10.1. The molecule has 0 radical (unpaired) electrons. The third kappa shape index (κ3) is 3.47. The second-order valence-electron chi connectivity index (χ2n) is 4.69. The van der Waals surface area contributed by atoms with Crippen LogP contribution in [0.1, 0.15) is 31.4 Å². The van der Waals surface area contributed by atoms with Crippen LogP contribution in [0.25, 0.3) is 0 Å². The molecule has 1 fully saturated rings. The molecule has 3 N–H and O–H groups in total. The molecule has 1 saturated carbocycles. The van der Waals surface area contributed by atoms with Gasteiger partial charge in [-0.25, -0.2) is 0 Å². The van der Waals surface area contributed by atoms with E-state index in [1.54, 1.807) is 0 Å². The highest BCUT2D eigenvalue weighted by atomic mass is 16.5.